The fraction of sp³-hybridized carbons (Fsp3) is 0. The Kier molecular flexibility index (Phi) is 2.91. The van der Waals surface area contributed by atoms with Crippen LogP contribution in [0.5, 0.6) is 0 Å². The van der Waals surface area contributed by atoms with E-state index in [2.05, 4.69) is 4.98 Å². The third-order valence-electron chi connectivity index (χ3n) is 3.09. The van der Waals surface area contributed by atoms with Crippen LogP contribution in [0.15, 0.2) is 54.6 Å². The van der Waals surface area contributed by atoms with E-state index >= 15 is 0 Å². The molecule has 3 aromatic rings. The minimum Gasteiger partial charge on any atom is -0.478 e. The van der Waals surface area contributed by atoms with Crippen LogP contribution in [-0.4, -0.2) is 16.1 Å². The van der Waals surface area contributed by atoms with Gasteiger partial charge in [0.25, 0.3) is 0 Å². The largest absolute Gasteiger partial charge is 0.478 e. The van der Waals surface area contributed by atoms with E-state index in [1.54, 1.807) is 6.07 Å². The molecule has 0 amide bonds. The van der Waals surface area contributed by atoms with Crippen molar-refractivity contribution < 1.29 is 14.3 Å². The second kappa shape index (κ2) is 4.74. The number of fused-ring (bicyclic) bond motifs is 1. The van der Waals surface area contributed by atoms with Gasteiger partial charge in [-0.2, -0.15) is 0 Å². The lowest BCUT2D eigenvalue weighted by Crippen LogP contribution is -2.01. The molecule has 0 saturated heterocycles. The van der Waals surface area contributed by atoms with E-state index in [4.69, 9.17) is 0 Å². The maximum Gasteiger partial charge on any atom is 0.336 e. The highest BCUT2D eigenvalue weighted by Gasteiger charge is 2.14. The first kappa shape index (κ1) is 12.3. The Morgan fingerprint density at radius 3 is 2.65 bits per heavy atom. The summed E-state index contributed by atoms with van der Waals surface area (Å²) in [5.74, 6) is -1.75. The minimum atomic E-state index is -1.17. The number of hydrogen-bond donors (Lipinski definition) is 1. The normalized spacial score (nSPS) is 10.7. The number of pyridine rings is 1. The zero-order valence-corrected chi connectivity index (χ0v) is 10.4. The Morgan fingerprint density at radius 2 is 1.85 bits per heavy atom. The summed E-state index contributed by atoms with van der Waals surface area (Å²) >= 11 is 0. The van der Waals surface area contributed by atoms with E-state index in [0.717, 1.165) is 17.0 Å². The van der Waals surface area contributed by atoms with Crippen LogP contribution in [0.25, 0.3) is 22.2 Å². The van der Waals surface area contributed by atoms with E-state index in [1.165, 1.54) is 12.1 Å². The average molecular weight is 267 g/mol. The van der Waals surface area contributed by atoms with Crippen LogP contribution in [0.3, 0.4) is 0 Å². The molecule has 1 heterocycles. The maximum absolute atomic E-state index is 13.2. The zero-order chi connectivity index (χ0) is 14.1. The highest BCUT2D eigenvalue weighted by molar-refractivity contribution is 5.96. The van der Waals surface area contributed by atoms with Gasteiger partial charge in [-0.3, -0.25) is 0 Å². The van der Waals surface area contributed by atoms with E-state index in [1.807, 2.05) is 30.3 Å². The molecule has 0 radical (unpaired) electrons. The quantitative estimate of drug-likeness (QED) is 0.769. The number of aromatic nitrogens is 1. The first-order valence-corrected chi connectivity index (χ1v) is 6.04. The zero-order valence-electron chi connectivity index (χ0n) is 10.4. The smallest absolute Gasteiger partial charge is 0.336 e. The molecule has 0 spiro atoms. The molecular formula is C16H10FNO2. The molecule has 2 aromatic carbocycles. The monoisotopic (exact) mass is 267 g/mol. The van der Waals surface area contributed by atoms with Crippen molar-refractivity contribution in [3.63, 3.8) is 0 Å². The van der Waals surface area contributed by atoms with Crippen LogP contribution in [0.1, 0.15) is 10.4 Å². The third kappa shape index (κ3) is 2.12. The van der Waals surface area contributed by atoms with Crippen molar-refractivity contribution in [2.45, 2.75) is 0 Å². The van der Waals surface area contributed by atoms with Gasteiger partial charge in [0.05, 0.1) is 16.8 Å². The molecule has 3 rings (SSSR count). The van der Waals surface area contributed by atoms with Gasteiger partial charge >= 0.3 is 5.97 Å². The SMILES string of the molecule is O=C(O)c1cc(F)ccc1-c1ccc2ccccc2n1. The van der Waals surface area contributed by atoms with Crippen molar-refractivity contribution in [1.29, 1.82) is 0 Å². The Morgan fingerprint density at radius 1 is 1.05 bits per heavy atom. The summed E-state index contributed by atoms with van der Waals surface area (Å²) in [6.07, 6.45) is 0. The molecule has 0 aliphatic heterocycles. The maximum atomic E-state index is 13.2. The predicted molar refractivity (Wildman–Crippen MR) is 74.1 cm³/mol. The lowest BCUT2D eigenvalue weighted by Gasteiger charge is -2.07. The average Bonchev–Trinajstić information content (AvgIpc) is 2.46. The van der Waals surface area contributed by atoms with Gasteiger partial charge in [0.2, 0.25) is 0 Å². The number of rotatable bonds is 2. The van der Waals surface area contributed by atoms with Crippen LogP contribution >= 0.6 is 0 Å². The second-order valence-electron chi connectivity index (χ2n) is 4.38. The topological polar surface area (TPSA) is 50.2 Å². The van der Waals surface area contributed by atoms with Gasteiger partial charge in [-0.1, -0.05) is 24.3 Å². The van der Waals surface area contributed by atoms with E-state index in [-0.39, 0.29) is 5.56 Å². The number of aromatic carboxylic acids is 1. The van der Waals surface area contributed by atoms with Crippen LogP contribution < -0.4 is 0 Å². The molecule has 0 bridgehead atoms. The Balaban J connectivity index is 2.22. The summed E-state index contributed by atoms with van der Waals surface area (Å²) in [5.41, 5.74) is 1.60. The van der Waals surface area contributed by atoms with Crippen LogP contribution in [0, 0.1) is 5.82 Å². The number of hydrogen-bond acceptors (Lipinski definition) is 2. The van der Waals surface area contributed by atoms with Gasteiger partial charge in [0, 0.05) is 10.9 Å². The Labute approximate surface area is 114 Å². The third-order valence-corrected chi connectivity index (χ3v) is 3.09. The van der Waals surface area contributed by atoms with Crippen molar-refractivity contribution in [2.24, 2.45) is 0 Å². The molecule has 1 N–H and O–H groups in total. The summed E-state index contributed by atoms with van der Waals surface area (Å²) in [6.45, 7) is 0. The molecule has 0 atom stereocenters. The van der Waals surface area contributed by atoms with Gasteiger partial charge in [0.15, 0.2) is 0 Å². The molecule has 20 heavy (non-hydrogen) atoms. The number of carboxylic acid groups (broad SMARTS) is 1. The van der Waals surface area contributed by atoms with Crippen molar-refractivity contribution in [3.8, 4) is 11.3 Å². The van der Waals surface area contributed by atoms with Crippen LogP contribution in [0.4, 0.5) is 4.39 Å². The molecule has 4 heteroatoms. The van der Waals surface area contributed by atoms with E-state index in [0.29, 0.717) is 11.3 Å². The minimum absolute atomic E-state index is 0.0900. The van der Waals surface area contributed by atoms with Crippen molar-refractivity contribution in [3.05, 3.63) is 66.0 Å². The fourth-order valence-corrected chi connectivity index (χ4v) is 2.13. The highest BCUT2D eigenvalue weighted by atomic mass is 19.1. The molecule has 98 valence electrons. The van der Waals surface area contributed by atoms with Gasteiger partial charge in [-0.05, 0) is 30.3 Å². The van der Waals surface area contributed by atoms with E-state index in [9.17, 15) is 14.3 Å². The fourth-order valence-electron chi connectivity index (χ4n) is 2.13. The number of carbonyl (C=O) groups is 1. The molecule has 0 unspecified atom stereocenters. The Hall–Kier alpha value is -2.75. The molecule has 0 aliphatic rings. The van der Waals surface area contributed by atoms with Crippen molar-refractivity contribution in [1.82, 2.24) is 4.98 Å². The molecule has 1 aromatic heterocycles. The number of benzene rings is 2. The standard InChI is InChI=1S/C16H10FNO2/c17-11-6-7-12(13(9-11)16(19)20)15-8-5-10-3-1-2-4-14(10)18-15/h1-9H,(H,19,20). The number of nitrogens with zero attached hydrogens (tertiary/aromatic N) is 1. The number of halogens is 1. The van der Waals surface area contributed by atoms with Gasteiger partial charge in [-0.25, -0.2) is 14.2 Å². The lowest BCUT2D eigenvalue weighted by molar-refractivity contribution is 0.0697. The van der Waals surface area contributed by atoms with Crippen LogP contribution in [-0.2, 0) is 0 Å². The highest BCUT2D eigenvalue weighted by Crippen LogP contribution is 2.25. The molecule has 0 saturated carbocycles. The summed E-state index contributed by atoms with van der Waals surface area (Å²) < 4.78 is 13.2. The molecule has 0 aliphatic carbocycles. The summed E-state index contributed by atoms with van der Waals surface area (Å²) in [4.78, 5) is 15.6. The lowest BCUT2D eigenvalue weighted by atomic mass is 10.0. The van der Waals surface area contributed by atoms with Crippen molar-refractivity contribution in [2.75, 3.05) is 0 Å². The first-order chi connectivity index (χ1) is 9.65. The first-order valence-electron chi connectivity index (χ1n) is 6.04. The molecule has 3 nitrogen and oxygen atoms in total. The van der Waals surface area contributed by atoms with Crippen LogP contribution in [0.2, 0.25) is 0 Å². The van der Waals surface area contributed by atoms with Gasteiger partial charge in [-0.15, -0.1) is 0 Å². The number of carboxylic acids is 1. The van der Waals surface area contributed by atoms with Gasteiger partial charge in [0.1, 0.15) is 5.82 Å². The van der Waals surface area contributed by atoms with Gasteiger partial charge < -0.3 is 5.11 Å². The van der Waals surface area contributed by atoms with E-state index < -0.39 is 11.8 Å². The Bertz CT molecular complexity index is 814. The number of para-hydroxylation sites is 1. The molecular weight excluding hydrogens is 257 g/mol. The van der Waals surface area contributed by atoms with Crippen molar-refractivity contribution >= 4 is 16.9 Å². The summed E-state index contributed by atoms with van der Waals surface area (Å²) in [7, 11) is 0. The summed E-state index contributed by atoms with van der Waals surface area (Å²) in [5, 5.41) is 10.1. The predicted octanol–water partition coefficient (Wildman–Crippen LogP) is 3.74. The second-order valence-corrected chi connectivity index (χ2v) is 4.38. The molecule has 0 fully saturated rings. The summed E-state index contributed by atoms with van der Waals surface area (Å²) in [6, 6.07) is 14.8.